The fourth-order valence-corrected chi connectivity index (χ4v) is 5.57. The molecule has 1 aliphatic heterocycles. The first kappa shape index (κ1) is 30.1. The Kier molecular flexibility index (Phi) is 10.4. The lowest BCUT2D eigenvalue weighted by Gasteiger charge is -2.25. The van der Waals surface area contributed by atoms with Crippen molar-refractivity contribution < 1.29 is 28.8 Å². The van der Waals surface area contributed by atoms with Crippen molar-refractivity contribution in [2.75, 3.05) is 33.5 Å². The van der Waals surface area contributed by atoms with Gasteiger partial charge in [-0.3, -0.25) is 9.36 Å². The predicted molar refractivity (Wildman–Crippen MR) is 157 cm³/mol. The number of aromatic nitrogens is 1. The van der Waals surface area contributed by atoms with Crippen LogP contribution in [0.3, 0.4) is 0 Å². The number of phenolic OH excluding ortho intramolecular Hbond substituents is 1. The Bertz CT molecular complexity index is 1570. The molecule has 218 valence electrons. The van der Waals surface area contributed by atoms with E-state index in [-0.39, 0.29) is 24.5 Å². The van der Waals surface area contributed by atoms with Gasteiger partial charge in [0.15, 0.2) is 16.3 Å². The molecule has 9 nitrogen and oxygen atoms in total. The van der Waals surface area contributed by atoms with E-state index in [1.54, 1.807) is 25.1 Å². The minimum Gasteiger partial charge on any atom is -0.504 e. The summed E-state index contributed by atoms with van der Waals surface area (Å²) in [7, 11) is 1.53. The van der Waals surface area contributed by atoms with Crippen molar-refractivity contribution in [2.45, 2.75) is 46.1 Å². The molecule has 1 unspecified atom stereocenters. The maximum absolute atomic E-state index is 13.9. The molecule has 4 rings (SSSR count). The van der Waals surface area contributed by atoms with E-state index in [0.717, 1.165) is 30.6 Å². The summed E-state index contributed by atoms with van der Waals surface area (Å²) in [4.78, 5) is 32.3. The molecule has 1 N–H and O–H groups in total. The van der Waals surface area contributed by atoms with Crippen LogP contribution in [0.5, 0.6) is 17.2 Å². The highest BCUT2D eigenvalue weighted by molar-refractivity contribution is 7.07. The third kappa shape index (κ3) is 7.07. The second kappa shape index (κ2) is 14.1. The first-order chi connectivity index (χ1) is 19.9. The number of hydrogen-bond acceptors (Lipinski definition) is 9. The van der Waals surface area contributed by atoms with Crippen LogP contribution in [0.25, 0.3) is 6.08 Å². The van der Waals surface area contributed by atoms with Crippen molar-refractivity contribution >= 4 is 23.4 Å². The molecular weight excluding hydrogens is 544 g/mol. The van der Waals surface area contributed by atoms with Gasteiger partial charge in [0.1, 0.15) is 12.4 Å². The van der Waals surface area contributed by atoms with Gasteiger partial charge in [0.05, 0.1) is 41.7 Å². The third-order valence-corrected chi connectivity index (χ3v) is 7.54. The Morgan fingerprint density at radius 1 is 1.07 bits per heavy atom. The molecular formula is C31H36N2O7S. The second-order valence-electron chi connectivity index (χ2n) is 9.50. The summed E-state index contributed by atoms with van der Waals surface area (Å²) >= 11 is 1.23. The van der Waals surface area contributed by atoms with Crippen LogP contribution < -0.4 is 24.4 Å². The van der Waals surface area contributed by atoms with E-state index < -0.39 is 12.0 Å². The van der Waals surface area contributed by atoms with Gasteiger partial charge in [-0.15, -0.1) is 0 Å². The van der Waals surface area contributed by atoms with Crippen LogP contribution in [-0.4, -0.2) is 49.2 Å². The van der Waals surface area contributed by atoms with Crippen LogP contribution in [-0.2, 0) is 14.3 Å². The molecule has 10 heteroatoms. The Morgan fingerprint density at radius 3 is 2.56 bits per heavy atom. The molecule has 1 aromatic heterocycles. The number of rotatable bonds is 13. The van der Waals surface area contributed by atoms with E-state index in [2.05, 4.69) is 11.9 Å². The Balaban J connectivity index is 1.78. The lowest BCUT2D eigenvalue weighted by molar-refractivity contribution is -0.140. The molecule has 1 aliphatic rings. The summed E-state index contributed by atoms with van der Waals surface area (Å²) in [5.74, 6) is 0.526. The average molecular weight is 581 g/mol. The summed E-state index contributed by atoms with van der Waals surface area (Å²) in [5.41, 5.74) is 1.90. The maximum Gasteiger partial charge on any atom is 0.338 e. The molecule has 0 aliphatic carbocycles. The zero-order valence-electron chi connectivity index (χ0n) is 23.8. The molecule has 0 saturated carbocycles. The standard InChI is InChI=1S/C31H36N2O7S/c1-5-7-8-15-39-23-12-10-22(11-13-23)28-27(30(36)40-17-16-37-4)20(3)32-31-33(28)29(35)26(41-31)19-21-9-14-24(34)25(18-21)38-6-2/h9-14,18-19,28,34H,5-8,15-17H2,1-4H3. The zero-order valence-corrected chi connectivity index (χ0v) is 24.7. The Hall–Kier alpha value is -3.89. The summed E-state index contributed by atoms with van der Waals surface area (Å²) in [6.45, 7) is 7.07. The number of nitrogens with zero attached hydrogens (tertiary/aromatic N) is 2. The zero-order chi connectivity index (χ0) is 29.4. The van der Waals surface area contributed by atoms with Crippen molar-refractivity contribution in [2.24, 2.45) is 4.99 Å². The number of phenols is 1. The molecule has 1 atom stereocenters. The van der Waals surface area contributed by atoms with Crippen LogP contribution in [0.4, 0.5) is 0 Å². The van der Waals surface area contributed by atoms with Gasteiger partial charge in [0.2, 0.25) is 0 Å². The molecule has 2 heterocycles. The number of ether oxygens (including phenoxy) is 4. The monoisotopic (exact) mass is 580 g/mol. The number of methoxy groups -OCH3 is 1. The molecule has 0 bridgehead atoms. The topological polar surface area (TPSA) is 109 Å². The lowest BCUT2D eigenvalue weighted by Crippen LogP contribution is -2.40. The SMILES string of the molecule is CCCCCOc1ccc(C2C(C(=O)OCCOC)=C(C)N=c3sc(=Cc4ccc(O)c(OCC)c4)c(=O)n32)cc1. The number of esters is 1. The largest absolute Gasteiger partial charge is 0.504 e. The fraction of sp³-hybridized carbons (Fsp3) is 0.387. The van der Waals surface area contributed by atoms with E-state index >= 15 is 0 Å². The van der Waals surface area contributed by atoms with Gasteiger partial charge in [-0.1, -0.05) is 49.3 Å². The minimum absolute atomic E-state index is 0.0236. The predicted octanol–water partition coefficient (Wildman–Crippen LogP) is 4.10. The highest BCUT2D eigenvalue weighted by Crippen LogP contribution is 2.32. The van der Waals surface area contributed by atoms with Crippen LogP contribution in [0, 0.1) is 0 Å². The number of thiazole rings is 1. The second-order valence-corrected chi connectivity index (χ2v) is 10.5. The van der Waals surface area contributed by atoms with Gasteiger partial charge < -0.3 is 24.1 Å². The highest BCUT2D eigenvalue weighted by Gasteiger charge is 2.33. The van der Waals surface area contributed by atoms with Gasteiger partial charge >= 0.3 is 5.97 Å². The molecule has 0 radical (unpaired) electrons. The van der Waals surface area contributed by atoms with E-state index in [9.17, 15) is 14.7 Å². The fourth-order valence-electron chi connectivity index (χ4n) is 4.52. The lowest BCUT2D eigenvalue weighted by atomic mass is 9.96. The molecule has 0 fully saturated rings. The first-order valence-corrected chi connectivity index (χ1v) is 14.6. The van der Waals surface area contributed by atoms with E-state index in [1.807, 2.05) is 31.2 Å². The molecule has 2 aromatic carbocycles. The van der Waals surface area contributed by atoms with E-state index in [0.29, 0.717) is 45.1 Å². The molecule has 0 amide bonds. The minimum atomic E-state index is -0.739. The van der Waals surface area contributed by atoms with Crippen molar-refractivity contribution in [1.82, 2.24) is 4.57 Å². The summed E-state index contributed by atoms with van der Waals surface area (Å²) < 4.78 is 23.9. The van der Waals surface area contributed by atoms with Crippen molar-refractivity contribution in [3.8, 4) is 17.2 Å². The third-order valence-electron chi connectivity index (χ3n) is 6.56. The highest BCUT2D eigenvalue weighted by atomic mass is 32.1. The number of unbranched alkanes of at least 4 members (excludes halogenated alkanes) is 2. The van der Waals surface area contributed by atoms with E-state index in [1.165, 1.54) is 29.1 Å². The Labute approximate surface area is 243 Å². The number of hydrogen-bond donors (Lipinski definition) is 1. The normalized spacial score (nSPS) is 14.9. The van der Waals surface area contributed by atoms with Gasteiger partial charge in [0, 0.05) is 7.11 Å². The maximum atomic E-state index is 13.9. The van der Waals surface area contributed by atoms with Crippen LogP contribution in [0.15, 0.2) is 63.5 Å². The molecule has 41 heavy (non-hydrogen) atoms. The van der Waals surface area contributed by atoms with Crippen molar-refractivity contribution in [1.29, 1.82) is 0 Å². The first-order valence-electron chi connectivity index (χ1n) is 13.7. The van der Waals surface area contributed by atoms with Gasteiger partial charge in [0.25, 0.3) is 5.56 Å². The quantitative estimate of drug-likeness (QED) is 0.240. The number of carbonyl (C=O) groups is 1. The average Bonchev–Trinajstić information content (AvgIpc) is 3.26. The van der Waals surface area contributed by atoms with Crippen molar-refractivity contribution in [3.63, 3.8) is 0 Å². The summed E-state index contributed by atoms with van der Waals surface area (Å²) in [6.07, 6.45) is 4.91. The van der Waals surface area contributed by atoms with Crippen LogP contribution in [0.2, 0.25) is 0 Å². The molecule has 0 spiro atoms. The number of allylic oxidation sites excluding steroid dienone is 1. The number of aromatic hydroxyl groups is 1. The smallest absolute Gasteiger partial charge is 0.338 e. The Morgan fingerprint density at radius 2 is 1.85 bits per heavy atom. The van der Waals surface area contributed by atoms with Crippen LogP contribution in [0.1, 0.15) is 57.2 Å². The molecule has 0 saturated heterocycles. The summed E-state index contributed by atoms with van der Waals surface area (Å²) in [5, 5.41) is 10.1. The van der Waals surface area contributed by atoms with Crippen molar-refractivity contribution in [3.05, 3.63) is 84.5 Å². The summed E-state index contributed by atoms with van der Waals surface area (Å²) in [6, 6.07) is 11.6. The number of carbonyl (C=O) groups excluding carboxylic acids is 1. The number of fused-ring (bicyclic) bond motifs is 1. The number of benzene rings is 2. The molecule has 3 aromatic rings. The van der Waals surface area contributed by atoms with Gasteiger partial charge in [-0.05, 0) is 61.7 Å². The van der Waals surface area contributed by atoms with Gasteiger partial charge in [-0.2, -0.15) is 0 Å². The van der Waals surface area contributed by atoms with Gasteiger partial charge in [-0.25, -0.2) is 9.79 Å². The van der Waals surface area contributed by atoms with E-state index in [4.69, 9.17) is 18.9 Å². The van der Waals surface area contributed by atoms with Crippen LogP contribution >= 0.6 is 11.3 Å².